The number of morpholine rings is 1. The number of amides is 2. The van der Waals surface area contributed by atoms with Gasteiger partial charge < -0.3 is 15.0 Å². The third-order valence-corrected chi connectivity index (χ3v) is 3.89. The topological polar surface area (TPSA) is 58.6 Å². The number of benzene rings is 1. The monoisotopic (exact) mass is 288 g/mol. The molecule has 3 rings (SSSR count). The number of carbonyl (C=O) groups is 2. The molecule has 1 saturated heterocycles. The molecule has 1 aliphatic carbocycles. The van der Waals surface area contributed by atoms with Crippen molar-refractivity contribution in [1.29, 1.82) is 0 Å². The molecule has 5 nitrogen and oxygen atoms in total. The van der Waals surface area contributed by atoms with Crippen LogP contribution in [0.5, 0.6) is 0 Å². The molecule has 0 atom stereocenters. The zero-order valence-corrected chi connectivity index (χ0v) is 12.0. The van der Waals surface area contributed by atoms with E-state index in [0.29, 0.717) is 32.7 Å². The summed E-state index contributed by atoms with van der Waals surface area (Å²) in [7, 11) is 0. The van der Waals surface area contributed by atoms with Gasteiger partial charge in [-0.05, 0) is 30.5 Å². The van der Waals surface area contributed by atoms with Gasteiger partial charge in [-0.1, -0.05) is 12.1 Å². The van der Waals surface area contributed by atoms with Gasteiger partial charge in [0.2, 0.25) is 11.8 Å². The summed E-state index contributed by atoms with van der Waals surface area (Å²) in [6.45, 7) is 2.60. The Hall–Kier alpha value is -1.88. The van der Waals surface area contributed by atoms with Crippen LogP contribution in [0.4, 0.5) is 5.69 Å². The van der Waals surface area contributed by atoms with Crippen molar-refractivity contribution >= 4 is 17.5 Å². The predicted octanol–water partition coefficient (Wildman–Crippen LogP) is 1.44. The quantitative estimate of drug-likeness (QED) is 0.912. The minimum absolute atomic E-state index is 0.104. The molecule has 1 aromatic rings. The molecule has 1 aromatic carbocycles. The van der Waals surface area contributed by atoms with Crippen molar-refractivity contribution < 1.29 is 14.3 Å². The van der Waals surface area contributed by atoms with Crippen LogP contribution in [0, 0.1) is 5.92 Å². The molecule has 2 fully saturated rings. The van der Waals surface area contributed by atoms with Crippen LogP contribution in [0.25, 0.3) is 0 Å². The van der Waals surface area contributed by atoms with E-state index in [-0.39, 0.29) is 17.7 Å². The van der Waals surface area contributed by atoms with Crippen molar-refractivity contribution in [2.45, 2.75) is 19.3 Å². The van der Waals surface area contributed by atoms with Gasteiger partial charge in [0, 0.05) is 24.7 Å². The maximum atomic E-state index is 12.1. The van der Waals surface area contributed by atoms with E-state index in [4.69, 9.17) is 4.74 Å². The van der Waals surface area contributed by atoms with Crippen LogP contribution in [0.1, 0.15) is 18.4 Å². The number of ether oxygens (including phenoxy) is 1. The molecule has 21 heavy (non-hydrogen) atoms. The number of nitrogens with zero attached hydrogens (tertiary/aromatic N) is 1. The molecule has 1 aliphatic heterocycles. The van der Waals surface area contributed by atoms with Crippen molar-refractivity contribution in [3.05, 3.63) is 29.8 Å². The van der Waals surface area contributed by atoms with E-state index in [1.165, 1.54) is 0 Å². The fourth-order valence-electron chi connectivity index (χ4n) is 2.39. The van der Waals surface area contributed by atoms with Gasteiger partial charge in [0.1, 0.15) is 0 Å². The summed E-state index contributed by atoms with van der Waals surface area (Å²) in [5.74, 6) is 0.438. The van der Waals surface area contributed by atoms with Gasteiger partial charge in [0.15, 0.2) is 0 Å². The lowest BCUT2D eigenvalue weighted by atomic mass is 10.1. The SMILES string of the molecule is O=C(Nc1ccc(CC(=O)N2CCOCC2)cc1)C1CC1. The number of nitrogens with one attached hydrogen (secondary N) is 1. The van der Waals surface area contributed by atoms with Crippen LogP contribution in [0.3, 0.4) is 0 Å². The third-order valence-electron chi connectivity index (χ3n) is 3.89. The average molecular weight is 288 g/mol. The molecule has 2 aliphatic rings. The van der Waals surface area contributed by atoms with Crippen LogP contribution in [0.2, 0.25) is 0 Å². The predicted molar refractivity (Wildman–Crippen MR) is 78.9 cm³/mol. The Morgan fingerprint density at radius 1 is 1.14 bits per heavy atom. The molecule has 112 valence electrons. The summed E-state index contributed by atoms with van der Waals surface area (Å²) in [6.07, 6.45) is 2.40. The van der Waals surface area contributed by atoms with Crippen LogP contribution >= 0.6 is 0 Å². The van der Waals surface area contributed by atoms with Crippen molar-refractivity contribution in [1.82, 2.24) is 4.90 Å². The molecule has 1 saturated carbocycles. The normalized spacial score (nSPS) is 18.4. The average Bonchev–Trinajstić information content (AvgIpc) is 3.35. The van der Waals surface area contributed by atoms with Crippen LogP contribution in [-0.4, -0.2) is 43.0 Å². The van der Waals surface area contributed by atoms with Crippen molar-refractivity contribution in [3.63, 3.8) is 0 Å². The Balaban J connectivity index is 1.53. The number of anilines is 1. The van der Waals surface area contributed by atoms with E-state index < -0.39 is 0 Å². The van der Waals surface area contributed by atoms with E-state index >= 15 is 0 Å². The summed E-state index contributed by atoms with van der Waals surface area (Å²) in [5, 5.41) is 2.90. The van der Waals surface area contributed by atoms with Gasteiger partial charge in [-0.3, -0.25) is 9.59 Å². The van der Waals surface area contributed by atoms with Gasteiger partial charge in [0.25, 0.3) is 0 Å². The Bertz CT molecular complexity index is 517. The highest BCUT2D eigenvalue weighted by molar-refractivity contribution is 5.94. The Morgan fingerprint density at radius 2 is 1.81 bits per heavy atom. The number of hydrogen-bond acceptors (Lipinski definition) is 3. The molecule has 1 heterocycles. The second-order valence-corrected chi connectivity index (χ2v) is 5.63. The summed E-state index contributed by atoms with van der Waals surface area (Å²) in [6, 6.07) is 7.53. The van der Waals surface area contributed by atoms with E-state index in [1.54, 1.807) is 0 Å². The second kappa shape index (κ2) is 6.26. The lowest BCUT2D eigenvalue weighted by Gasteiger charge is -2.26. The number of hydrogen-bond donors (Lipinski definition) is 1. The molecule has 0 spiro atoms. The summed E-state index contributed by atoms with van der Waals surface area (Å²) >= 11 is 0. The standard InChI is InChI=1S/C16H20N2O3/c19-15(18-7-9-21-10-8-18)11-12-1-5-14(6-2-12)17-16(20)13-3-4-13/h1-2,5-6,13H,3-4,7-11H2,(H,17,20). The first-order chi connectivity index (χ1) is 10.2. The zero-order chi connectivity index (χ0) is 14.7. The summed E-state index contributed by atoms with van der Waals surface area (Å²) in [5.41, 5.74) is 1.77. The highest BCUT2D eigenvalue weighted by Gasteiger charge is 2.29. The molecule has 0 bridgehead atoms. The van der Waals surface area contributed by atoms with E-state index in [1.807, 2.05) is 29.2 Å². The number of carbonyl (C=O) groups excluding carboxylic acids is 2. The maximum Gasteiger partial charge on any atom is 0.227 e. The molecular formula is C16H20N2O3. The minimum atomic E-state index is 0.104. The molecule has 2 amide bonds. The lowest BCUT2D eigenvalue weighted by Crippen LogP contribution is -2.41. The van der Waals surface area contributed by atoms with Gasteiger partial charge in [-0.15, -0.1) is 0 Å². The smallest absolute Gasteiger partial charge is 0.227 e. The summed E-state index contributed by atoms with van der Waals surface area (Å²) < 4.78 is 5.24. The van der Waals surface area contributed by atoms with Crippen LogP contribution < -0.4 is 5.32 Å². The molecule has 1 N–H and O–H groups in total. The first kappa shape index (κ1) is 14.1. The van der Waals surface area contributed by atoms with Gasteiger partial charge in [-0.2, -0.15) is 0 Å². The van der Waals surface area contributed by atoms with E-state index in [9.17, 15) is 9.59 Å². The Morgan fingerprint density at radius 3 is 2.43 bits per heavy atom. The van der Waals surface area contributed by atoms with Crippen molar-refractivity contribution in [2.24, 2.45) is 5.92 Å². The van der Waals surface area contributed by atoms with Crippen molar-refractivity contribution in [3.8, 4) is 0 Å². The van der Waals surface area contributed by atoms with Gasteiger partial charge in [-0.25, -0.2) is 0 Å². The first-order valence-corrected chi connectivity index (χ1v) is 7.48. The molecule has 0 aromatic heterocycles. The van der Waals surface area contributed by atoms with E-state index in [2.05, 4.69) is 5.32 Å². The zero-order valence-electron chi connectivity index (χ0n) is 12.0. The van der Waals surface area contributed by atoms with E-state index in [0.717, 1.165) is 24.1 Å². The maximum absolute atomic E-state index is 12.1. The second-order valence-electron chi connectivity index (χ2n) is 5.63. The van der Waals surface area contributed by atoms with Crippen LogP contribution in [0.15, 0.2) is 24.3 Å². The first-order valence-electron chi connectivity index (χ1n) is 7.48. The van der Waals surface area contributed by atoms with Gasteiger partial charge in [0.05, 0.1) is 19.6 Å². The summed E-state index contributed by atoms with van der Waals surface area (Å²) in [4.78, 5) is 25.6. The largest absolute Gasteiger partial charge is 0.378 e. The molecule has 5 heteroatoms. The Labute approximate surface area is 124 Å². The lowest BCUT2D eigenvalue weighted by molar-refractivity contribution is -0.134. The molecule has 0 radical (unpaired) electrons. The fourth-order valence-corrected chi connectivity index (χ4v) is 2.39. The van der Waals surface area contributed by atoms with Crippen molar-refractivity contribution in [2.75, 3.05) is 31.6 Å². The number of rotatable bonds is 4. The third kappa shape index (κ3) is 3.82. The highest BCUT2D eigenvalue weighted by atomic mass is 16.5. The minimum Gasteiger partial charge on any atom is -0.378 e. The molecule has 0 unspecified atom stereocenters. The van der Waals surface area contributed by atoms with Crippen LogP contribution in [-0.2, 0) is 20.7 Å². The highest BCUT2D eigenvalue weighted by Crippen LogP contribution is 2.30. The van der Waals surface area contributed by atoms with Gasteiger partial charge >= 0.3 is 0 Å². The molecular weight excluding hydrogens is 268 g/mol. The fraction of sp³-hybridized carbons (Fsp3) is 0.500. The Kier molecular flexibility index (Phi) is 4.20.